The monoisotopic (exact) mass is 344 g/mol. The third-order valence-corrected chi connectivity index (χ3v) is 4.28. The number of H-pyrrole nitrogens is 1. The van der Waals surface area contributed by atoms with E-state index in [0.717, 1.165) is 5.56 Å². The Balaban J connectivity index is 2.55. The molecule has 0 radical (unpaired) electrons. The summed E-state index contributed by atoms with van der Waals surface area (Å²) < 4.78 is 1.28. The number of benzene rings is 1. The van der Waals surface area contributed by atoms with Crippen molar-refractivity contribution in [3.63, 3.8) is 0 Å². The van der Waals surface area contributed by atoms with Crippen molar-refractivity contribution in [2.75, 3.05) is 17.2 Å². The first-order valence-corrected chi connectivity index (χ1v) is 8.38. The van der Waals surface area contributed by atoms with E-state index >= 15 is 0 Å². The maximum Gasteiger partial charge on any atom is 0.330 e. The van der Waals surface area contributed by atoms with Crippen LogP contribution in [0.2, 0.25) is 0 Å². The molecule has 0 aliphatic heterocycles. The summed E-state index contributed by atoms with van der Waals surface area (Å²) in [5.74, 6) is -0.434. The highest BCUT2D eigenvalue weighted by Crippen LogP contribution is 2.20. The standard InChI is InChI=1S/C18H24N4O3/c1-4-12(3)17(24)21(5-2)14-15(19)22(18(25)20-16(14)23)11-13-9-7-6-8-10-13/h6-10,12H,4-5,11,19H2,1-3H3,(H,20,23,25). The second kappa shape index (κ2) is 7.83. The summed E-state index contributed by atoms with van der Waals surface area (Å²) in [4.78, 5) is 40.8. The molecule has 0 bridgehead atoms. The van der Waals surface area contributed by atoms with Gasteiger partial charge in [-0.3, -0.25) is 19.1 Å². The number of hydrogen-bond donors (Lipinski definition) is 2. The van der Waals surface area contributed by atoms with Crippen molar-refractivity contribution in [3.8, 4) is 0 Å². The molecule has 2 rings (SSSR count). The van der Waals surface area contributed by atoms with Gasteiger partial charge in [-0.25, -0.2) is 4.79 Å². The third-order valence-electron chi connectivity index (χ3n) is 4.28. The van der Waals surface area contributed by atoms with Gasteiger partial charge in [-0.1, -0.05) is 44.2 Å². The quantitative estimate of drug-likeness (QED) is 0.830. The van der Waals surface area contributed by atoms with Crippen LogP contribution in [0.15, 0.2) is 39.9 Å². The summed E-state index contributed by atoms with van der Waals surface area (Å²) in [7, 11) is 0. The van der Waals surface area contributed by atoms with Crippen LogP contribution in [0.4, 0.5) is 11.5 Å². The third kappa shape index (κ3) is 3.81. The first-order valence-electron chi connectivity index (χ1n) is 8.38. The number of nitrogens with two attached hydrogens (primary N) is 1. The summed E-state index contributed by atoms with van der Waals surface area (Å²) in [6.07, 6.45) is 0.650. The minimum Gasteiger partial charge on any atom is -0.383 e. The second-order valence-electron chi connectivity index (χ2n) is 5.96. The predicted molar refractivity (Wildman–Crippen MR) is 98.8 cm³/mol. The Morgan fingerprint density at radius 1 is 1.24 bits per heavy atom. The van der Waals surface area contributed by atoms with Gasteiger partial charge >= 0.3 is 5.69 Å². The average molecular weight is 344 g/mol. The van der Waals surface area contributed by atoms with Gasteiger partial charge in [0.1, 0.15) is 5.82 Å². The molecule has 25 heavy (non-hydrogen) atoms. The molecule has 1 atom stereocenters. The Morgan fingerprint density at radius 2 is 1.88 bits per heavy atom. The number of carbonyl (C=O) groups excluding carboxylic acids is 1. The number of nitrogen functional groups attached to an aromatic ring is 1. The van der Waals surface area contributed by atoms with Crippen molar-refractivity contribution in [2.45, 2.75) is 33.7 Å². The molecule has 0 aliphatic carbocycles. The molecule has 1 amide bonds. The number of nitrogens with one attached hydrogen (secondary N) is 1. The van der Waals surface area contributed by atoms with Gasteiger partial charge in [0.2, 0.25) is 5.91 Å². The van der Waals surface area contributed by atoms with Crippen LogP contribution in [0.5, 0.6) is 0 Å². The smallest absolute Gasteiger partial charge is 0.330 e. The first-order chi connectivity index (χ1) is 11.9. The lowest BCUT2D eigenvalue weighted by Crippen LogP contribution is -2.43. The van der Waals surface area contributed by atoms with Gasteiger partial charge in [0.15, 0.2) is 5.69 Å². The fraction of sp³-hybridized carbons (Fsp3) is 0.389. The Hall–Kier alpha value is -2.83. The highest BCUT2D eigenvalue weighted by atomic mass is 16.2. The highest BCUT2D eigenvalue weighted by molar-refractivity contribution is 5.96. The predicted octanol–water partition coefficient (Wildman–Crippen LogP) is 1.57. The fourth-order valence-corrected chi connectivity index (χ4v) is 2.63. The number of rotatable bonds is 6. The summed E-state index contributed by atoms with van der Waals surface area (Å²) in [6, 6.07) is 9.30. The molecule has 0 fully saturated rings. The Kier molecular flexibility index (Phi) is 5.80. The molecule has 2 aromatic rings. The number of aromatic amines is 1. The zero-order valence-corrected chi connectivity index (χ0v) is 14.8. The number of aromatic nitrogens is 2. The number of carbonyl (C=O) groups is 1. The Morgan fingerprint density at radius 3 is 2.44 bits per heavy atom. The SMILES string of the molecule is CCC(C)C(=O)N(CC)c1c(N)n(Cc2ccccc2)c(=O)[nH]c1=O. The second-order valence-corrected chi connectivity index (χ2v) is 5.96. The largest absolute Gasteiger partial charge is 0.383 e. The summed E-state index contributed by atoms with van der Waals surface area (Å²) >= 11 is 0. The van der Waals surface area contributed by atoms with Gasteiger partial charge in [0.05, 0.1) is 6.54 Å². The number of hydrogen-bond acceptors (Lipinski definition) is 4. The molecule has 7 nitrogen and oxygen atoms in total. The van der Waals surface area contributed by atoms with Crippen LogP contribution >= 0.6 is 0 Å². The molecular formula is C18H24N4O3. The summed E-state index contributed by atoms with van der Waals surface area (Å²) in [5.41, 5.74) is 5.79. The minimum atomic E-state index is -0.648. The van der Waals surface area contributed by atoms with Crippen molar-refractivity contribution in [2.24, 2.45) is 5.92 Å². The zero-order chi connectivity index (χ0) is 18.6. The zero-order valence-electron chi connectivity index (χ0n) is 14.8. The van der Waals surface area contributed by atoms with E-state index < -0.39 is 11.2 Å². The van der Waals surface area contributed by atoms with Gasteiger partial charge in [0, 0.05) is 12.5 Å². The first kappa shape index (κ1) is 18.5. The van der Waals surface area contributed by atoms with Gasteiger partial charge in [0.25, 0.3) is 5.56 Å². The topological polar surface area (TPSA) is 101 Å². The van der Waals surface area contributed by atoms with Gasteiger partial charge in [-0.15, -0.1) is 0 Å². The lowest BCUT2D eigenvalue weighted by Gasteiger charge is -2.25. The number of nitrogens with zero attached hydrogens (tertiary/aromatic N) is 2. The van der Waals surface area contributed by atoms with Crippen molar-refractivity contribution >= 4 is 17.4 Å². The molecule has 1 heterocycles. The Labute approximate surface area is 146 Å². The molecule has 0 aliphatic rings. The van der Waals surface area contributed by atoms with E-state index in [-0.39, 0.29) is 29.9 Å². The van der Waals surface area contributed by atoms with Crippen LogP contribution in [0.3, 0.4) is 0 Å². The van der Waals surface area contributed by atoms with Crippen LogP contribution in [0.25, 0.3) is 0 Å². The van der Waals surface area contributed by atoms with Gasteiger partial charge in [-0.05, 0) is 18.9 Å². The molecule has 134 valence electrons. The molecule has 7 heteroatoms. The maximum atomic E-state index is 12.6. The van der Waals surface area contributed by atoms with Gasteiger partial charge in [-0.2, -0.15) is 0 Å². The van der Waals surface area contributed by atoms with E-state index in [1.807, 2.05) is 37.3 Å². The van der Waals surface area contributed by atoms with Crippen LogP contribution < -0.4 is 21.9 Å². The lowest BCUT2D eigenvalue weighted by molar-refractivity contribution is -0.121. The molecule has 0 saturated carbocycles. The molecule has 1 aromatic carbocycles. The summed E-state index contributed by atoms with van der Waals surface area (Å²) in [5, 5.41) is 0. The van der Waals surface area contributed by atoms with E-state index in [9.17, 15) is 14.4 Å². The van der Waals surface area contributed by atoms with Crippen molar-refractivity contribution in [3.05, 3.63) is 56.7 Å². The van der Waals surface area contributed by atoms with E-state index in [0.29, 0.717) is 13.0 Å². The molecule has 0 saturated heterocycles. The van der Waals surface area contributed by atoms with Crippen LogP contribution in [0.1, 0.15) is 32.8 Å². The Bertz CT molecular complexity index is 855. The highest BCUT2D eigenvalue weighted by Gasteiger charge is 2.25. The van der Waals surface area contributed by atoms with Crippen LogP contribution in [0, 0.1) is 5.92 Å². The van der Waals surface area contributed by atoms with E-state index in [1.165, 1.54) is 9.47 Å². The average Bonchev–Trinajstić information content (AvgIpc) is 2.61. The minimum absolute atomic E-state index is 0.00361. The molecule has 1 aromatic heterocycles. The normalized spacial score (nSPS) is 12.0. The maximum absolute atomic E-state index is 12.6. The molecule has 0 spiro atoms. The molecule has 1 unspecified atom stereocenters. The van der Waals surface area contributed by atoms with E-state index in [4.69, 9.17) is 5.73 Å². The summed E-state index contributed by atoms with van der Waals surface area (Å²) in [6.45, 7) is 5.98. The van der Waals surface area contributed by atoms with E-state index in [2.05, 4.69) is 4.98 Å². The van der Waals surface area contributed by atoms with Crippen LogP contribution in [-0.4, -0.2) is 22.0 Å². The van der Waals surface area contributed by atoms with Gasteiger partial charge < -0.3 is 10.6 Å². The fourth-order valence-electron chi connectivity index (χ4n) is 2.63. The van der Waals surface area contributed by atoms with Crippen LogP contribution in [-0.2, 0) is 11.3 Å². The lowest BCUT2D eigenvalue weighted by atomic mass is 10.1. The number of amides is 1. The van der Waals surface area contributed by atoms with Crippen molar-refractivity contribution in [1.82, 2.24) is 9.55 Å². The number of anilines is 2. The molecular weight excluding hydrogens is 320 g/mol. The van der Waals surface area contributed by atoms with E-state index in [1.54, 1.807) is 13.8 Å². The van der Waals surface area contributed by atoms with Crippen molar-refractivity contribution < 1.29 is 4.79 Å². The molecule has 3 N–H and O–H groups in total. The van der Waals surface area contributed by atoms with Crippen molar-refractivity contribution in [1.29, 1.82) is 0 Å².